The molecule has 7 heteroatoms. The highest BCUT2D eigenvalue weighted by Gasteiger charge is 2.21. The van der Waals surface area contributed by atoms with Crippen molar-refractivity contribution in [3.05, 3.63) is 28.9 Å². The van der Waals surface area contributed by atoms with Gasteiger partial charge in [-0.05, 0) is 12.0 Å². The van der Waals surface area contributed by atoms with Crippen LogP contribution in [0.5, 0.6) is 0 Å². The van der Waals surface area contributed by atoms with E-state index in [1.54, 1.807) is 19.9 Å². The summed E-state index contributed by atoms with van der Waals surface area (Å²) in [5.41, 5.74) is -0.517. The minimum atomic E-state index is -0.950. The predicted octanol–water partition coefficient (Wildman–Crippen LogP) is -0.284. The van der Waals surface area contributed by atoms with E-state index in [4.69, 9.17) is 5.11 Å². The minimum Gasteiger partial charge on any atom is -0.481 e. The highest BCUT2D eigenvalue weighted by Crippen LogP contribution is 2.09. The molecule has 1 aromatic heterocycles. The molecule has 2 N–H and O–H groups in total. The number of nitrogens with zero attached hydrogens (tertiary/aromatic N) is 2. The molecule has 1 rings (SSSR count). The van der Waals surface area contributed by atoms with Crippen LogP contribution < -0.4 is 11.0 Å². The Kier molecular flexibility index (Phi) is 5.23. The van der Waals surface area contributed by atoms with Gasteiger partial charge in [0.25, 0.3) is 0 Å². The molecule has 0 aromatic carbocycles. The van der Waals surface area contributed by atoms with Crippen molar-refractivity contribution in [1.82, 2.24) is 14.9 Å². The zero-order valence-corrected chi connectivity index (χ0v) is 10.9. The normalized spacial score (nSPS) is 12.2. The van der Waals surface area contributed by atoms with Crippen molar-refractivity contribution in [1.29, 1.82) is 0 Å². The van der Waals surface area contributed by atoms with E-state index in [1.807, 2.05) is 0 Å². The highest BCUT2D eigenvalue weighted by atomic mass is 16.4. The lowest BCUT2D eigenvalue weighted by Gasteiger charge is -2.16. The molecular formula is C12H17N3O4. The molecule has 1 atom stereocenters. The second-order valence-corrected chi connectivity index (χ2v) is 4.52. The molecule has 1 amide bonds. The molecule has 19 heavy (non-hydrogen) atoms. The highest BCUT2D eigenvalue weighted by molar-refractivity contribution is 5.77. The number of aliphatic carboxylic acids is 1. The van der Waals surface area contributed by atoms with Gasteiger partial charge < -0.3 is 10.4 Å². The predicted molar refractivity (Wildman–Crippen MR) is 67.5 cm³/mol. The molecule has 0 aliphatic rings. The van der Waals surface area contributed by atoms with Crippen LogP contribution in [-0.4, -0.2) is 33.1 Å². The van der Waals surface area contributed by atoms with E-state index < -0.39 is 23.5 Å². The molecule has 1 aromatic rings. The third kappa shape index (κ3) is 4.53. The van der Waals surface area contributed by atoms with Gasteiger partial charge in [-0.1, -0.05) is 13.8 Å². The van der Waals surface area contributed by atoms with Crippen LogP contribution in [0.25, 0.3) is 0 Å². The summed E-state index contributed by atoms with van der Waals surface area (Å²) < 4.78 is 1.15. The van der Waals surface area contributed by atoms with Gasteiger partial charge in [-0.25, -0.2) is 9.78 Å². The van der Waals surface area contributed by atoms with Gasteiger partial charge in [-0.3, -0.25) is 14.2 Å². The number of aromatic nitrogens is 2. The van der Waals surface area contributed by atoms with Crippen molar-refractivity contribution in [2.45, 2.75) is 20.4 Å². The molecule has 0 bridgehead atoms. The molecule has 0 radical (unpaired) electrons. The first-order valence-corrected chi connectivity index (χ1v) is 5.92. The fourth-order valence-corrected chi connectivity index (χ4v) is 1.55. The standard InChI is InChI=1S/C12H17N3O4/c1-8(2)9(11(17)18)6-14-10(16)7-15-5-3-4-13-12(15)19/h3-5,8-9H,6-7H2,1-2H3,(H,14,16)(H,17,18). The Morgan fingerprint density at radius 1 is 1.47 bits per heavy atom. The van der Waals surface area contributed by atoms with Crippen molar-refractivity contribution in [2.24, 2.45) is 11.8 Å². The van der Waals surface area contributed by atoms with Gasteiger partial charge in [0, 0.05) is 18.9 Å². The Morgan fingerprint density at radius 3 is 2.68 bits per heavy atom. The molecule has 0 saturated heterocycles. The van der Waals surface area contributed by atoms with Crippen molar-refractivity contribution in [3.8, 4) is 0 Å². The Morgan fingerprint density at radius 2 is 2.16 bits per heavy atom. The Balaban J connectivity index is 2.55. The summed E-state index contributed by atoms with van der Waals surface area (Å²) in [4.78, 5) is 37.4. The number of amides is 1. The molecule has 0 aliphatic carbocycles. The number of carboxylic acid groups (broad SMARTS) is 1. The van der Waals surface area contributed by atoms with Gasteiger partial charge in [-0.2, -0.15) is 0 Å². The molecule has 7 nitrogen and oxygen atoms in total. The van der Waals surface area contributed by atoms with Gasteiger partial charge in [0.1, 0.15) is 6.54 Å². The van der Waals surface area contributed by atoms with Crippen LogP contribution in [0, 0.1) is 11.8 Å². The summed E-state index contributed by atoms with van der Waals surface area (Å²) in [5, 5.41) is 11.5. The zero-order valence-electron chi connectivity index (χ0n) is 10.9. The van der Waals surface area contributed by atoms with E-state index in [0.29, 0.717) is 0 Å². The lowest BCUT2D eigenvalue weighted by atomic mass is 9.96. The first-order chi connectivity index (χ1) is 8.91. The van der Waals surface area contributed by atoms with Crippen molar-refractivity contribution >= 4 is 11.9 Å². The summed E-state index contributed by atoms with van der Waals surface area (Å²) in [5.74, 6) is -2.09. The van der Waals surface area contributed by atoms with Gasteiger partial charge in [-0.15, -0.1) is 0 Å². The van der Waals surface area contributed by atoms with Crippen molar-refractivity contribution < 1.29 is 14.7 Å². The summed E-state index contributed by atoms with van der Waals surface area (Å²) in [6.07, 6.45) is 2.79. The van der Waals surface area contributed by atoms with Crippen LogP contribution in [0.2, 0.25) is 0 Å². The Hall–Kier alpha value is -2.18. The lowest BCUT2D eigenvalue weighted by Crippen LogP contribution is -2.38. The van der Waals surface area contributed by atoms with Crippen LogP contribution in [0.3, 0.4) is 0 Å². The number of rotatable bonds is 6. The molecule has 0 spiro atoms. The SMILES string of the molecule is CC(C)C(CNC(=O)Cn1cccnc1=O)C(=O)O. The summed E-state index contributed by atoms with van der Waals surface area (Å²) in [6, 6.07) is 1.54. The molecule has 0 fully saturated rings. The summed E-state index contributed by atoms with van der Waals surface area (Å²) in [6.45, 7) is 3.42. The second-order valence-electron chi connectivity index (χ2n) is 4.52. The van der Waals surface area contributed by atoms with Gasteiger partial charge in [0.2, 0.25) is 5.91 Å². The number of carbonyl (C=O) groups excluding carboxylic acids is 1. The maximum atomic E-state index is 11.6. The average Bonchev–Trinajstić information content (AvgIpc) is 2.31. The maximum Gasteiger partial charge on any atom is 0.347 e. The number of carboxylic acids is 1. The van der Waals surface area contributed by atoms with Crippen LogP contribution in [0.1, 0.15) is 13.8 Å². The zero-order chi connectivity index (χ0) is 14.4. The number of nitrogens with one attached hydrogen (secondary N) is 1. The van der Waals surface area contributed by atoms with Crippen LogP contribution in [0.4, 0.5) is 0 Å². The molecule has 104 valence electrons. The quantitative estimate of drug-likeness (QED) is 0.738. The van der Waals surface area contributed by atoms with Crippen LogP contribution >= 0.6 is 0 Å². The first-order valence-electron chi connectivity index (χ1n) is 5.92. The molecule has 1 unspecified atom stereocenters. The van der Waals surface area contributed by atoms with Crippen LogP contribution in [-0.2, 0) is 16.1 Å². The number of carbonyl (C=O) groups is 2. The van der Waals surface area contributed by atoms with E-state index in [-0.39, 0.29) is 19.0 Å². The Bertz CT molecular complexity index is 510. The molecular weight excluding hydrogens is 250 g/mol. The fourth-order valence-electron chi connectivity index (χ4n) is 1.55. The third-order valence-electron chi connectivity index (χ3n) is 2.74. The average molecular weight is 267 g/mol. The van der Waals surface area contributed by atoms with Crippen molar-refractivity contribution in [2.75, 3.05) is 6.54 Å². The van der Waals surface area contributed by atoms with Gasteiger partial charge in [0.05, 0.1) is 5.92 Å². The van der Waals surface area contributed by atoms with Gasteiger partial charge >= 0.3 is 11.7 Å². The van der Waals surface area contributed by atoms with E-state index in [0.717, 1.165) is 4.57 Å². The lowest BCUT2D eigenvalue weighted by molar-refractivity contribution is -0.143. The summed E-state index contributed by atoms with van der Waals surface area (Å²) >= 11 is 0. The van der Waals surface area contributed by atoms with Crippen molar-refractivity contribution in [3.63, 3.8) is 0 Å². The molecule has 0 aliphatic heterocycles. The topological polar surface area (TPSA) is 101 Å². The van der Waals surface area contributed by atoms with E-state index in [9.17, 15) is 14.4 Å². The van der Waals surface area contributed by atoms with E-state index >= 15 is 0 Å². The van der Waals surface area contributed by atoms with Crippen LogP contribution in [0.15, 0.2) is 23.3 Å². The van der Waals surface area contributed by atoms with E-state index in [2.05, 4.69) is 10.3 Å². The Labute approximate surface area is 110 Å². The minimum absolute atomic E-state index is 0.0425. The first kappa shape index (κ1) is 14.9. The van der Waals surface area contributed by atoms with E-state index in [1.165, 1.54) is 12.4 Å². The second kappa shape index (κ2) is 6.67. The maximum absolute atomic E-state index is 11.6. The monoisotopic (exact) mass is 267 g/mol. The number of hydrogen-bond donors (Lipinski definition) is 2. The number of hydrogen-bond acceptors (Lipinski definition) is 4. The van der Waals surface area contributed by atoms with Gasteiger partial charge in [0.15, 0.2) is 0 Å². The molecule has 0 saturated carbocycles. The third-order valence-corrected chi connectivity index (χ3v) is 2.74. The fraction of sp³-hybridized carbons (Fsp3) is 0.500. The smallest absolute Gasteiger partial charge is 0.347 e. The largest absolute Gasteiger partial charge is 0.481 e. The molecule has 1 heterocycles. The summed E-state index contributed by atoms with van der Waals surface area (Å²) in [7, 11) is 0.